The number of hydrogen-bond acceptors (Lipinski definition) is 9. The molecule has 0 saturated carbocycles. The summed E-state index contributed by atoms with van der Waals surface area (Å²) in [6.07, 6.45) is 6.89. The van der Waals surface area contributed by atoms with Crippen LogP contribution in [0.3, 0.4) is 0 Å². The fourth-order valence-corrected chi connectivity index (χ4v) is 5.83. The molecule has 180 valence electrons. The number of benzene rings is 1. The van der Waals surface area contributed by atoms with E-state index >= 15 is 0 Å². The quantitative estimate of drug-likeness (QED) is 0.478. The van der Waals surface area contributed by atoms with Crippen LogP contribution < -0.4 is 9.64 Å². The molecule has 2 fully saturated rings. The molecule has 2 aromatic heterocycles. The number of aryl methyl sites for hydroxylation is 1. The van der Waals surface area contributed by atoms with Crippen LogP contribution in [-0.2, 0) is 32.8 Å². The van der Waals surface area contributed by atoms with Crippen molar-refractivity contribution in [3.05, 3.63) is 63.9 Å². The van der Waals surface area contributed by atoms with Gasteiger partial charge < -0.3 is 9.64 Å². The second kappa shape index (κ2) is 10.9. The summed E-state index contributed by atoms with van der Waals surface area (Å²) < 4.78 is 27.7. The number of rotatable bonds is 7. The van der Waals surface area contributed by atoms with Crippen molar-refractivity contribution < 1.29 is 17.3 Å². The van der Waals surface area contributed by atoms with Crippen LogP contribution in [-0.4, -0.2) is 45.5 Å². The van der Waals surface area contributed by atoms with E-state index in [1.54, 1.807) is 11.3 Å². The van der Waals surface area contributed by atoms with Gasteiger partial charge in [-0.3, -0.25) is 8.37 Å². The number of para-hydroxylation sites is 1. The van der Waals surface area contributed by atoms with E-state index in [2.05, 4.69) is 27.2 Å². The number of ether oxygens (including phenoxy) is 1. The van der Waals surface area contributed by atoms with Crippen molar-refractivity contribution in [2.24, 2.45) is 0 Å². The standard InChI is InChI=1S/C24H28N4O4S2/c1-2-17-11-25-24(26-12-17)28-9-7-18(8-10-28)23-27-20(16-33-23)15-30-22-6-4-3-5-21(22)19-13-31-34(29)32-14-19/h3-6,11-12,16,18-19H,2,7-10,13-15H2,1H3. The van der Waals surface area contributed by atoms with Crippen molar-refractivity contribution in [2.75, 3.05) is 31.2 Å². The van der Waals surface area contributed by atoms with Crippen LogP contribution in [0.5, 0.6) is 5.75 Å². The number of nitrogens with zero attached hydrogens (tertiary/aromatic N) is 4. The average Bonchev–Trinajstić information content (AvgIpc) is 3.37. The van der Waals surface area contributed by atoms with Crippen LogP contribution in [0.2, 0.25) is 0 Å². The molecule has 0 radical (unpaired) electrons. The van der Waals surface area contributed by atoms with E-state index in [0.717, 1.165) is 60.9 Å². The number of piperidine rings is 1. The zero-order valence-corrected chi connectivity index (χ0v) is 20.7. The summed E-state index contributed by atoms with van der Waals surface area (Å²) in [6.45, 7) is 5.09. The van der Waals surface area contributed by atoms with Crippen molar-refractivity contribution in [3.63, 3.8) is 0 Å². The molecule has 34 heavy (non-hydrogen) atoms. The summed E-state index contributed by atoms with van der Waals surface area (Å²) >= 11 is 0.0621. The van der Waals surface area contributed by atoms with E-state index in [9.17, 15) is 4.21 Å². The molecule has 4 heterocycles. The Balaban J connectivity index is 1.16. The van der Waals surface area contributed by atoms with E-state index in [1.807, 2.05) is 36.7 Å². The van der Waals surface area contributed by atoms with Crippen molar-refractivity contribution >= 4 is 28.6 Å². The van der Waals surface area contributed by atoms with Gasteiger partial charge in [-0.05, 0) is 30.9 Å². The summed E-state index contributed by atoms with van der Waals surface area (Å²) in [5.74, 6) is 2.05. The second-order valence-corrected chi connectivity index (χ2v) is 10.2. The lowest BCUT2D eigenvalue weighted by molar-refractivity contribution is 0.158. The molecule has 1 aromatic carbocycles. The zero-order valence-electron chi connectivity index (χ0n) is 19.1. The van der Waals surface area contributed by atoms with E-state index in [4.69, 9.17) is 18.1 Å². The van der Waals surface area contributed by atoms with E-state index in [-0.39, 0.29) is 5.92 Å². The van der Waals surface area contributed by atoms with Gasteiger partial charge in [-0.25, -0.2) is 15.0 Å². The van der Waals surface area contributed by atoms with Gasteiger partial charge in [-0.15, -0.1) is 11.3 Å². The minimum atomic E-state index is -1.65. The lowest BCUT2D eigenvalue weighted by Gasteiger charge is -2.31. The van der Waals surface area contributed by atoms with Crippen LogP contribution in [0, 0.1) is 0 Å². The van der Waals surface area contributed by atoms with Gasteiger partial charge in [0.25, 0.3) is 0 Å². The van der Waals surface area contributed by atoms with Crippen LogP contribution in [0.4, 0.5) is 5.95 Å². The summed E-state index contributed by atoms with van der Waals surface area (Å²) in [6, 6.07) is 7.85. The predicted molar refractivity (Wildman–Crippen MR) is 131 cm³/mol. The SMILES string of the molecule is CCc1cnc(N2CCC(c3nc(COc4ccccc4C4COS(=O)OC4)cs3)CC2)nc1. The van der Waals surface area contributed by atoms with Gasteiger partial charge in [-0.1, -0.05) is 25.1 Å². The Morgan fingerprint density at radius 2 is 1.85 bits per heavy atom. The Morgan fingerprint density at radius 3 is 2.59 bits per heavy atom. The molecular weight excluding hydrogens is 472 g/mol. The first-order valence-corrected chi connectivity index (χ1v) is 13.5. The third-order valence-electron chi connectivity index (χ3n) is 6.26. The van der Waals surface area contributed by atoms with Crippen molar-refractivity contribution in [1.82, 2.24) is 15.0 Å². The fraction of sp³-hybridized carbons (Fsp3) is 0.458. The molecule has 8 nitrogen and oxygen atoms in total. The highest BCUT2D eigenvalue weighted by molar-refractivity contribution is 7.75. The highest BCUT2D eigenvalue weighted by Crippen LogP contribution is 2.33. The second-order valence-electron chi connectivity index (χ2n) is 8.48. The molecule has 0 unspecified atom stereocenters. The largest absolute Gasteiger partial charge is 0.487 e. The summed E-state index contributed by atoms with van der Waals surface area (Å²) in [5.41, 5.74) is 3.10. The van der Waals surface area contributed by atoms with Gasteiger partial charge in [0, 0.05) is 48.3 Å². The van der Waals surface area contributed by atoms with Gasteiger partial charge in [0.1, 0.15) is 12.4 Å². The summed E-state index contributed by atoms with van der Waals surface area (Å²) in [7, 11) is 0. The first kappa shape index (κ1) is 23.3. The highest BCUT2D eigenvalue weighted by atomic mass is 32.2. The Morgan fingerprint density at radius 1 is 1.12 bits per heavy atom. The smallest absolute Gasteiger partial charge is 0.304 e. The minimum Gasteiger partial charge on any atom is -0.487 e. The number of hydrogen-bond donors (Lipinski definition) is 0. The van der Waals surface area contributed by atoms with Crippen molar-refractivity contribution in [2.45, 2.75) is 44.6 Å². The number of aromatic nitrogens is 3. The molecule has 0 amide bonds. The van der Waals surface area contributed by atoms with E-state index < -0.39 is 11.4 Å². The topological polar surface area (TPSA) is 86.7 Å². The first-order valence-electron chi connectivity index (χ1n) is 11.6. The molecule has 2 saturated heterocycles. The molecule has 0 atom stereocenters. The van der Waals surface area contributed by atoms with Crippen LogP contribution in [0.1, 0.15) is 53.4 Å². The number of thiazole rings is 1. The summed E-state index contributed by atoms with van der Waals surface area (Å²) in [4.78, 5) is 16.2. The maximum Gasteiger partial charge on any atom is 0.304 e. The maximum atomic E-state index is 11.3. The molecule has 5 rings (SSSR count). The first-order chi connectivity index (χ1) is 16.7. The molecule has 0 bridgehead atoms. The molecule has 3 aromatic rings. The third kappa shape index (κ3) is 5.46. The molecule has 2 aliphatic rings. The third-order valence-corrected chi connectivity index (χ3v) is 7.97. The summed E-state index contributed by atoms with van der Waals surface area (Å²) in [5, 5.41) is 3.26. The maximum absolute atomic E-state index is 11.3. The highest BCUT2D eigenvalue weighted by Gasteiger charge is 2.26. The zero-order chi connectivity index (χ0) is 23.3. The van der Waals surface area contributed by atoms with Crippen LogP contribution >= 0.6 is 11.3 Å². The lowest BCUT2D eigenvalue weighted by atomic mass is 9.98. The molecule has 10 heteroatoms. The normalized spacial score (nSPS) is 21.5. The van der Waals surface area contributed by atoms with Crippen LogP contribution in [0.25, 0.3) is 0 Å². The van der Waals surface area contributed by atoms with Gasteiger partial charge >= 0.3 is 11.4 Å². The Bertz CT molecular complexity index is 1110. The number of anilines is 1. The van der Waals surface area contributed by atoms with E-state index in [1.165, 1.54) is 5.01 Å². The minimum absolute atomic E-state index is 0.00719. The van der Waals surface area contributed by atoms with Crippen molar-refractivity contribution in [1.29, 1.82) is 0 Å². The predicted octanol–water partition coefficient (Wildman–Crippen LogP) is 4.17. The van der Waals surface area contributed by atoms with E-state index in [0.29, 0.717) is 25.7 Å². The van der Waals surface area contributed by atoms with Gasteiger partial charge in [0.2, 0.25) is 5.95 Å². The van der Waals surface area contributed by atoms with Crippen LogP contribution in [0.15, 0.2) is 42.0 Å². The molecular formula is C24H28N4O4S2. The molecule has 0 aliphatic carbocycles. The van der Waals surface area contributed by atoms with Gasteiger partial charge in [0.15, 0.2) is 0 Å². The Kier molecular flexibility index (Phi) is 7.48. The molecule has 2 aliphatic heterocycles. The van der Waals surface area contributed by atoms with Gasteiger partial charge in [-0.2, -0.15) is 4.21 Å². The molecule has 0 spiro atoms. The van der Waals surface area contributed by atoms with Gasteiger partial charge in [0.05, 0.1) is 23.9 Å². The average molecular weight is 501 g/mol. The molecule has 0 N–H and O–H groups in total. The Labute approximate surface area is 206 Å². The monoisotopic (exact) mass is 500 g/mol. The fourth-order valence-electron chi connectivity index (χ4n) is 4.23. The van der Waals surface area contributed by atoms with Crippen molar-refractivity contribution in [3.8, 4) is 5.75 Å². The Hall–Kier alpha value is -2.40. The lowest BCUT2D eigenvalue weighted by Crippen LogP contribution is -2.34.